The van der Waals surface area contributed by atoms with Crippen LogP contribution < -0.4 is 10.3 Å². The smallest absolute Gasteiger partial charge is 0.248 e. The van der Waals surface area contributed by atoms with E-state index in [1.165, 1.54) is 6.07 Å². The van der Waals surface area contributed by atoms with Crippen LogP contribution in [-0.4, -0.2) is 10.5 Å². The first-order chi connectivity index (χ1) is 11.2. The largest absolute Gasteiger partial charge is 0.487 e. The van der Waals surface area contributed by atoms with Crippen LogP contribution in [0.5, 0.6) is 5.75 Å². The first kappa shape index (κ1) is 14.3. The first-order valence-corrected chi connectivity index (χ1v) is 7.78. The Morgan fingerprint density at radius 3 is 2.61 bits per heavy atom. The van der Waals surface area contributed by atoms with Crippen molar-refractivity contribution in [1.29, 1.82) is 0 Å². The van der Waals surface area contributed by atoms with Crippen LogP contribution in [-0.2, 0) is 11.3 Å². The van der Waals surface area contributed by atoms with Gasteiger partial charge in [-0.05, 0) is 23.3 Å². The Labute approximate surface area is 137 Å². The summed E-state index contributed by atoms with van der Waals surface area (Å²) in [5.74, 6) is 0.636. The van der Waals surface area contributed by atoms with E-state index < -0.39 is 0 Å². The average Bonchev–Trinajstić information content (AvgIpc) is 3.30. The fraction of sp³-hybridized carbons (Fsp3) is 0.167. The lowest BCUT2D eigenvalue weighted by atomic mass is 10.1. The Bertz CT molecular complexity index is 907. The minimum Gasteiger partial charge on any atom is -0.487 e. The van der Waals surface area contributed by atoms with Crippen molar-refractivity contribution in [2.45, 2.75) is 18.3 Å². The van der Waals surface area contributed by atoms with Crippen molar-refractivity contribution in [2.24, 2.45) is 0 Å². The number of halogens is 1. The average molecular weight is 328 g/mol. The van der Waals surface area contributed by atoms with Gasteiger partial charge >= 0.3 is 0 Å². The predicted molar refractivity (Wildman–Crippen MR) is 88.8 cm³/mol. The van der Waals surface area contributed by atoms with Crippen molar-refractivity contribution in [3.05, 3.63) is 76.1 Å². The van der Waals surface area contributed by atoms with Crippen LogP contribution in [0.15, 0.2) is 59.4 Å². The lowest BCUT2D eigenvalue weighted by Gasteiger charge is -2.11. The lowest BCUT2D eigenvalue weighted by Crippen LogP contribution is -2.06. The van der Waals surface area contributed by atoms with Crippen LogP contribution in [0.1, 0.15) is 17.2 Å². The van der Waals surface area contributed by atoms with Gasteiger partial charge in [-0.25, -0.2) is 0 Å². The molecule has 5 heteroatoms. The standard InChI is InChI=1S/C18H14ClNO3/c19-18-17(23-18)13-6-8-14(16-12(13)7-9-15(21)20-16)22-10-11-4-2-1-3-5-11/h1-9,17-18H,10H2,(H,20,21). The van der Waals surface area contributed by atoms with E-state index in [1.807, 2.05) is 42.5 Å². The molecule has 3 aromatic rings. The molecule has 0 radical (unpaired) electrons. The zero-order chi connectivity index (χ0) is 15.8. The number of epoxide rings is 1. The number of H-pyrrole nitrogens is 1. The van der Waals surface area contributed by atoms with Crippen LogP contribution in [0.3, 0.4) is 0 Å². The summed E-state index contributed by atoms with van der Waals surface area (Å²) < 4.78 is 11.2. The van der Waals surface area contributed by atoms with Crippen LogP contribution >= 0.6 is 11.6 Å². The van der Waals surface area contributed by atoms with E-state index in [-0.39, 0.29) is 17.2 Å². The maximum Gasteiger partial charge on any atom is 0.248 e. The highest BCUT2D eigenvalue weighted by molar-refractivity contribution is 6.21. The zero-order valence-corrected chi connectivity index (χ0v) is 12.9. The molecule has 0 amide bonds. The minimum absolute atomic E-state index is 0.131. The number of nitrogens with one attached hydrogen (secondary N) is 1. The van der Waals surface area contributed by atoms with E-state index >= 15 is 0 Å². The number of aromatic amines is 1. The third-order valence-corrected chi connectivity index (χ3v) is 4.20. The number of alkyl halides is 1. The molecule has 1 N–H and O–H groups in total. The van der Waals surface area contributed by atoms with Gasteiger partial charge in [0, 0.05) is 11.5 Å². The molecule has 0 bridgehead atoms. The monoisotopic (exact) mass is 327 g/mol. The molecule has 1 saturated heterocycles. The molecule has 1 aliphatic rings. The zero-order valence-electron chi connectivity index (χ0n) is 12.2. The second-order valence-electron chi connectivity index (χ2n) is 5.45. The number of hydrogen-bond acceptors (Lipinski definition) is 3. The summed E-state index contributed by atoms with van der Waals surface area (Å²) in [6.45, 7) is 0.435. The molecule has 2 atom stereocenters. The van der Waals surface area contributed by atoms with Gasteiger partial charge in [0.05, 0.1) is 5.52 Å². The van der Waals surface area contributed by atoms with E-state index in [0.717, 1.165) is 16.5 Å². The van der Waals surface area contributed by atoms with E-state index in [4.69, 9.17) is 21.1 Å². The Hall–Kier alpha value is -2.30. The highest BCUT2D eigenvalue weighted by Crippen LogP contribution is 2.44. The Balaban J connectivity index is 1.72. The molecular formula is C18H14ClNO3. The highest BCUT2D eigenvalue weighted by Gasteiger charge is 2.39. The molecular weight excluding hydrogens is 314 g/mol. The fourth-order valence-corrected chi connectivity index (χ4v) is 2.91. The molecule has 23 heavy (non-hydrogen) atoms. The summed E-state index contributed by atoms with van der Waals surface area (Å²) in [5.41, 5.74) is 2.22. The van der Waals surface area contributed by atoms with E-state index in [9.17, 15) is 4.79 Å². The predicted octanol–water partition coefficient (Wildman–Crippen LogP) is 3.74. The SMILES string of the molecule is O=c1ccc2c(C3OC3Cl)ccc(OCc3ccccc3)c2[nH]1. The molecule has 0 aliphatic carbocycles. The van der Waals surface area contributed by atoms with Gasteiger partial charge in [-0.1, -0.05) is 48.0 Å². The van der Waals surface area contributed by atoms with Gasteiger partial charge in [-0.3, -0.25) is 4.79 Å². The van der Waals surface area contributed by atoms with Gasteiger partial charge in [-0.2, -0.15) is 0 Å². The molecule has 4 rings (SSSR count). The van der Waals surface area contributed by atoms with Crippen molar-refractivity contribution < 1.29 is 9.47 Å². The number of ether oxygens (including phenoxy) is 2. The third kappa shape index (κ3) is 2.83. The van der Waals surface area contributed by atoms with Gasteiger partial charge in [0.1, 0.15) is 18.5 Å². The Morgan fingerprint density at radius 2 is 1.87 bits per heavy atom. The quantitative estimate of drug-likeness (QED) is 0.586. The van der Waals surface area contributed by atoms with E-state index in [2.05, 4.69) is 4.98 Å². The summed E-state index contributed by atoms with van der Waals surface area (Å²) in [5, 5.41) is 0.892. The number of hydrogen-bond donors (Lipinski definition) is 1. The topological polar surface area (TPSA) is 54.6 Å². The first-order valence-electron chi connectivity index (χ1n) is 7.34. The highest BCUT2D eigenvalue weighted by atomic mass is 35.5. The van der Waals surface area contributed by atoms with Crippen LogP contribution in [0, 0.1) is 0 Å². The van der Waals surface area contributed by atoms with Crippen molar-refractivity contribution in [2.75, 3.05) is 0 Å². The van der Waals surface area contributed by atoms with E-state index in [1.54, 1.807) is 6.07 Å². The molecule has 0 spiro atoms. The molecule has 116 valence electrons. The number of pyridine rings is 1. The second kappa shape index (κ2) is 5.72. The molecule has 2 heterocycles. The van der Waals surface area contributed by atoms with Crippen molar-refractivity contribution in [3.63, 3.8) is 0 Å². The van der Waals surface area contributed by atoms with Gasteiger partial charge < -0.3 is 14.5 Å². The molecule has 1 aromatic heterocycles. The van der Waals surface area contributed by atoms with Crippen molar-refractivity contribution >= 4 is 22.5 Å². The summed E-state index contributed by atoms with van der Waals surface area (Å²) in [6, 6.07) is 17.0. The number of benzene rings is 2. The maximum atomic E-state index is 11.7. The maximum absolute atomic E-state index is 11.7. The van der Waals surface area contributed by atoms with Crippen molar-refractivity contribution in [3.8, 4) is 5.75 Å². The summed E-state index contributed by atoms with van der Waals surface area (Å²) in [7, 11) is 0. The fourth-order valence-electron chi connectivity index (χ4n) is 2.66. The Morgan fingerprint density at radius 1 is 1.09 bits per heavy atom. The molecule has 1 fully saturated rings. The van der Waals surface area contributed by atoms with E-state index in [0.29, 0.717) is 17.9 Å². The number of aromatic nitrogens is 1. The molecule has 0 saturated carbocycles. The van der Waals surface area contributed by atoms with Crippen molar-refractivity contribution in [1.82, 2.24) is 4.98 Å². The number of rotatable bonds is 4. The van der Waals surface area contributed by atoms with Gasteiger partial charge in [0.15, 0.2) is 5.56 Å². The van der Waals surface area contributed by atoms with Gasteiger partial charge in [-0.15, -0.1) is 0 Å². The van der Waals surface area contributed by atoms with Crippen LogP contribution in [0.4, 0.5) is 0 Å². The molecule has 2 aromatic carbocycles. The normalized spacial score (nSPS) is 19.7. The summed E-state index contributed by atoms with van der Waals surface area (Å²) >= 11 is 5.97. The molecule has 2 unspecified atom stereocenters. The van der Waals surface area contributed by atoms with Gasteiger partial charge in [0.2, 0.25) is 5.56 Å². The third-order valence-electron chi connectivity index (χ3n) is 3.87. The molecule has 4 nitrogen and oxygen atoms in total. The second-order valence-corrected chi connectivity index (χ2v) is 5.88. The number of fused-ring (bicyclic) bond motifs is 1. The molecule has 1 aliphatic heterocycles. The Kier molecular flexibility index (Phi) is 3.56. The summed E-state index contributed by atoms with van der Waals surface area (Å²) in [4.78, 5) is 14.6. The lowest BCUT2D eigenvalue weighted by molar-refractivity contribution is 0.309. The minimum atomic E-state index is -0.304. The summed E-state index contributed by atoms with van der Waals surface area (Å²) in [6.07, 6.45) is -0.131. The van der Waals surface area contributed by atoms with Crippen LogP contribution in [0.2, 0.25) is 0 Å². The van der Waals surface area contributed by atoms with Gasteiger partial charge in [0.25, 0.3) is 0 Å². The van der Waals surface area contributed by atoms with Crippen LogP contribution in [0.25, 0.3) is 10.9 Å².